The van der Waals surface area contributed by atoms with Crippen molar-refractivity contribution in [1.82, 2.24) is 10.3 Å². The number of rotatable bonds is 4. The Labute approximate surface area is 69.5 Å². The summed E-state index contributed by atoms with van der Waals surface area (Å²) in [6, 6.07) is 0. The average molecular weight is 152 g/mol. The van der Waals surface area contributed by atoms with Gasteiger partial charge in [0.05, 0.1) is 6.54 Å². The molecule has 0 bridgehead atoms. The van der Waals surface area contributed by atoms with E-state index in [-0.39, 0.29) is 0 Å². The zero-order chi connectivity index (χ0) is 8.53. The van der Waals surface area contributed by atoms with Crippen molar-refractivity contribution in [3.05, 3.63) is 0 Å². The lowest BCUT2D eigenvalue weighted by atomic mass is 10.4. The third kappa shape index (κ3) is 7.40. The largest absolute Gasteiger partial charge is 0.372 e. The monoisotopic (exact) mass is 152 g/mol. The standard InChI is InChI=1S/C7H13BN2O/c1-3-10(8)9-6-4-5-7-11-2/h9H,3,6-7H2,1-2H3. The van der Waals surface area contributed by atoms with Crippen LogP contribution < -0.4 is 5.43 Å². The molecule has 0 saturated carbocycles. The Morgan fingerprint density at radius 1 is 1.55 bits per heavy atom. The molecule has 0 atom stereocenters. The molecule has 3 nitrogen and oxygen atoms in total. The molecule has 0 aromatic carbocycles. The maximum absolute atomic E-state index is 5.41. The van der Waals surface area contributed by atoms with Crippen LogP contribution in [0.4, 0.5) is 0 Å². The molecule has 0 aliphatic carbocycles. The second-order valence-corrected chi connectivity index (χ2v) is 1.91. The lowest BCUT2D eigenvalue weighted by molar-refractivity contribution is 0.239. The number of ether oxygens (including phenoxy) is 1. The highest BCUT2D eigenvalue weighted by Gasteiger charge is 1.86. The first-order valence-corrected chi connectivity index (χ1v) is 3.51. The number of hydrogen-bond donors (Lipinski definition) is 1. The first-order valence-electron chi connectivity index (χ1n) is 3.51. The molecule has 0 unspecified atom stereocenters. The topological polar surface area (TPSA) is 24.5 Å². The average Bonchev–Trinajstić information content (AvgIpc) is 2.04. The fourth-order valence-corrected chi connectivity index (χ4v) is 0.439. The van der Waals surface area contributed by atoms with Crippen LogP contribution in [0.3, 0.4) is 0 Å². The molecule has 0 saturated heterocycles. The normalized spacial score (nSPS) is 9.36. The van der Waals surface area contributed by atoms with E-state index in [2.05, 4.69) is 17.3 Å². The zero-order valence-electron chi connectivity index (χ0n) is 7.05. The van der Waals surface area contributed by atoms with Crippen molar-refractivity contribution in [3.8, 4) is 11.8 Å². The van der Waals surface area contributed by atoms with E-state index in [1.54, 1.807) is 7.11 Å². The van der Waals surface area contributed by atoms with Crippen LogP contribution in [0.1, 0.15) is 6.92 Å². The molecule has 0 heterocycles. The van der Waals surface area contributed by atoms with E-state index in [0.717, 1.165) is 6.54 Å². The van der Waals surface area contributed by atoms with Crippen LogP contribution in [0.25, 0.3) is 0 Å². The second kappa shape index (κ2) is 7.61. The second-order valence-electron chi connectivity index (χ2n) is 1.91. The van der Waals surface area contributed by atoms with Gasteiger partial charge in [0.2, 0.25) is 7.98 Å². The van der Waals surface area contributed by atoms with Gasteiger partial charge in [-0.3, -0.25) is 10.3 Å². The summed E-state index contributed by atoms with van der Waals surface area (Å²) in [5.74, 6) is 5.64. The lowest BCUT2D eigenvalue weighted by Crippen LogP contribution is -2.35. The van der Waals surface area contributed by atoms with E-state index >= 15 is 0 Å². The lowest BCUT2D eigenvalue weighted by Gasteiger charge is -2.13. The maximum atomic E-state index is 5.41. The molecule has 0 spiro atoms. The highest BCUT2D eigenvalue weighted by atomic mass is 16.5. The quantitative estimate of drug-likeness (QED) is 0.335. The van der Waals surface area contributed by atoms with Crippen LogP contribution >= 0.6 is 0 Å². The summed E-state index contributed by atoms with van der Waals surface area (Å²) in [6.45, 7) is 3.74. The fourth-order valence-electron chi connectivity index (χ4n) is 0.439. The van der Waals surface area contributed by atoms with Crippen molar-refractivity contribution >= 4 is 7.98 Å². The molecule has 0 aliphatic heterocycles. The predicted molar refractivity (Wildman–Crippen MR) is 45.8 cm³/mol. The molecule has 0 fully saturated rings. The van der Waals surface area contributed by atoms with E-state index < -0.39 is 0 Å². The first kappa shape index (κ1) is 10.5. The summed E-state index contributed by atoms with van der Waals surface area (Å²) in [7, 11) is 7.03. The van der Waals surface area contributed by atoms with Crippen LogP contribution in [0.15, 0.2) is 0 Å². The van der Waals surface area contributed by atoms with Gasteiger partial charge in [-0.25, -0.2) is 0 Å². The Bertz CT molecular complexity index is 141. The third-order valence-electron chi connectivity index (χ3n) is 1.05. The minimum absolute atomic E-state index is 0.471. The van der Waals surface area contributed by atoms with Crippen LogP contribution in [0, 0.1) is 11.8 Å². The van der Waals surface area contributed by atoms with Gasteiger partial charge in [-0.15, -0.1) is 0 Å². The predicted octanol–water partition coefficient (Wildman–Crippen LogP) is -0.454. The Hall–Kier alpha value is -0.495. The highest BCUT2D eigenvalue weighted by molar-refractivity contribution is 6.03. The van der Waals surface area contributed by atoms with E-state index in [1.807, 2.05) is 6.92 Å². The number of hydrogen-bond acceptors (Lipinski definition) is 3. The molecule has 4 heteroatoms. The fraction of sp³-hybridized carbons (Fsp3) is 0.714. The van der Waals surface area contributed by atoms with Crippen molar-refractivity contribution in [3.63, 3.8) is 0 Å². The van der Waals surface area contributed by atoms with Crippen molar-refractivity contribution in [2.45, 2.75) is 6.92 Å². The van der Waals surface area contributed by atoms with Gasteiger partial charge < -0.3 is 4.74 Å². The molecule has 0 aromatic rings. The molecule has 0 amide bonds. The number of nitrogens with one attached hydrogen (secondary N) is 1. The summed E-state index contributed by atoms with van der Waals surface area (Å²) in [6.07, 6.45) is 0. The zero-order valence-corrected chi connectivity index (χ0v) is 7.05. The van der Waals surface area contributed by atoms with E-state index in [9.17, 15) is 0 Å². The summed E-state index contributed by atoms with van der Waals surface area (Å²) >= 11 is 0. The van der Waals surface area contributed by atoms with Crippen molar-refractivity contribution in [1.29, 1.82) is 0 Å². The van der Waals surface area contributed by atoms with E-state index in [1.165, 1.54) is 4.92 Å². The van der Waals surface area contributed by atoms with Gasteiger partial charge in [-0.1, -0.05) is 18.8 Å². The molecule has 11 heavy (non-hydrogen) atoms. The van der Waals surface area contributed by atoms with Gasteiger partial charge in [0.1, 0.15) is 6.61 Å². The Balaban J connectivity index is 3.20. The molecule has 0 rings (SSSR count). The molecule has 0 aliphatic rings. The summed E-state index contributed by atoms with van der Waals surface area (Å²) in [4.78, 5) is 1.49. The minimum atomic E-state index is 0.471. The van der Waals surface area contributed by atoms with E-state index in [0.29, 0.717) is 13.2 Å². The Morgan fingerprint density at radius 3 is 2.82 bits per heavy atom. The van der Waals surface area contributed by atoms with Gasteiger partial charge in [0.25, 0.3) is 0 Å². The highest BCUT2D eigenvalue weighted by Crippen LogP contribution is 1.68. The van der Waals surface area contributed by atoms with Crippen molar-refractivity contribution in [2.24, 2.45) is 0 Å². The van der Waals surface area contributed by atoms with Gasteiger partial charge in [0.15, 0.2) is 0 Å². The number of methoxy groups -OCH3 is 1. The number of nitrogens with zero attached hydrogens (tertiary/aromatic N) is 1. The molecular formula is C7H13BN2O. The minimum Gasteiger partial charge on any atom is -0.372 e. The maximum Gasteiger partial charge on any atom is 0.206 e. The molecular weight excluding hydrogens is 139 g/mol. The molecule has 2 radical (unpaired) electrons. The van der Waals surface area contributed by atoms with Crippen LogP contribution in [-0.2, 0) is 4.74 Å². The summed E-state index contributed by atoms with van der Waals surface area (Å²) < 4.78 is 4.73. The summed E-state index contributed by atoms with van der Waals surface area (Å²) in [5.41, 5.74) is 2.87. The molecule has 60 valence electrons. The van der Waals surface area contributed by atoms with Crippen molar-refractivity contribution < 1.29 is 4.74 Å². The van der Waals surface area contributed by atoms with Crippen LogP contribution in [0.5, 0.6) is 0 Å². The van der Waals surface area contributed by atoms with Gasteiger partial charge >= 0.3 is 0 Å². The van der Waals surface area contributed by atoms with Crippen LogP contribution in [-0.4, -0.2) is 39.7 Å². The molecule has 1 N–H and O–H groups in total. The van der Waals surface area contributed by atoms with E-state index in [4.69, 9.17) is 12.7 Å². The SMILES string of the molecule is [B]N(CC)NCC#CCOC. The summed E-state index contributed by atoms with van der Waals surface area (Å²) in [5, 5.41) is 0. The van der Waals surface area contributed by atoms with Crippen LogP contribution in [0.2, 0.25) is 0 Å². The Morgan fingerprint density at radius 2 is 2.27 bits per heavy atom. The number of hydrazine groups is 1. The van der Waals surface area contributed by atoms with Gasteiger partial charge in [0, 0.05) is 7.11 Å². The van der Waals surface area contributed by atoms with Crippen molar-refractivity contribution in [2.75, 3.05) is 26.8 Å². The van der Waals surface area contributed by atoms with Gasteiger partial charge in [-0.05, 0) is 6.54 Å². The molecule has 0 aromatic heterocycles. The first-order chi connectivity index (χ1) is 5.31. The third-order valence-corrected chi connectivity index (χ3v) is 1.05. The van der Waals surface area contributed by atoms with Gasteiger partial charge in [-0.2, -0.15) is 0 Å². The Kier molecular flexibility index (Phi) is 7.27. The smallest absolute Gasteiger partial charge is 0.206 e.